The van der Waals surface area contributed by atoms with E-state index >= 15 is 0 Å². The Hall–Kier alpha value is -4.87. The molecule has 1 aliphatic heterocycles. The van der Waals surface area contributed by atoms with Crippen LogP contribution in [-0.4, -0.2) is 89.6 Å². The van der Waals surface area contributed by atoms with Crippen LogP contribution in [0.2, 0.25) is 0 Å². The van der Waals surface area contributed by atoms with E-state index in [4.69, 9.17) is 4.74 Å². The number of amides is 3. The monoisotopic (exact) mass is 665 g/mol. The Kier molecular flexibility index (Phi) is 10.1. The maximum atomic E-state index is 14.2. The molecule has 3 aromatic rings. The van der Waals surface area contributed by atoms with Gasteiger partial charge < -0.3 is 19.6 Å². The van der Waals surface area contributed by atoms with Crippen molar-refractivity contribution in [3.05, 3.63) is 95.1 Å². The summed E-state index contributed by atoms with van der Waals surface area (Å²) in [5.41, 5.74) is 3.72. The van der Waals surface area contributed by atoms with Crippen LogP contribution in [0, 0.1) is 5.92 Å². The number of carboxylic acids is 1. The second kappa shape index (κ2) is 14.1. The molecule has 0 radical (unpaired) electrons. The molecule has 1 saturated heterocycles. The molecule has 3 atom stereocenters. The first-order valence-corrected chi connectivity index (χ1v) is 15.8. The van der Waals surface area contributed by atoms with E-state index in [0.29, 0.717) is 18.4 Å². The summed E-state index contributed by atoms with van der Waals surface area (Å²) in [4.78, 5) is 56.4. The molecule has 48 heavy (non-hydrogen) atoms. The number of halogens is 3. The molecule has 5 rings (SSSR count). The number of carbonyl (C=O) groups is 4. The Balaban J connectivity index is 1.37. The van der Waals surface area contributed by atoms with Gasteiger partial charge in [0.2, 0.25) is 11.8 Å². The summed E-state index contributed by atoms with van der Waals surface area (Å²) in [5, 5.41) is 9.33. The Bertz CT molecular complexity index is 1630. The van der Waals surface area contributed by atoms with Crippen molar-refractivity contribution in [1.29, 1.82) is 0 Å². The lowest BCUT2D eigenvalue weighted by Gasteiger charge is -2.36. The first kappa shape index (κ1) is 34.5. The minimum Gasteiger partial charge on any atom is -0.480 e. The summed E-state index contributed by atoms with van der Waals surface area (Å²) >= 11 is 0. The van der Waals surface area contributed by atoms with Crippen LogP contribution in [0.1, 0.15) is 47.9 Å². The van der Waals surface area contributed by atoms with Gasteiger partial charge in [0.1, 0.15) is 25.2 Å². The predicted molar refractivity (Wildman–Crippen MR) is 171 cm³/mol. The number of rotatable bonds is 9. The van der Waals surface area contributed by atoms with Crippen LogP contribution < -0.4 is 0 Å². The Labute approximate surface area is 276 Å². The standard InChI is InChI=1S/C36H38F3N3O6/c1-22-16-17-42(31(33(45)40(2)20-32(43)44)19-23-12-14-24(15-13-23)36(37,38)39)34(46)30(18-22)41(3)35(47)48-21-29-27-10-6-4-8-25(27)26-9-5-7-11-28(26)29/h4-15,22,29-31H,16-21H2,1-3H3,(H,43,44)/t22-,30+,31-/m0/s1. The van der Waals surface area contributed by atoms with Gasteiger partial charge >= 0.3 is 18.2 Å². The number of ether oxygens (including phenoxy) is 1. The van der Waals surface area contributed by atoms with Crippen molar-refractivity contribution in [2.45, 2.75) is 50.4 Å². The van der Waals surface area contributed by atoms with Gasteiger partial charge in [0, 0.05) is 33.0 Å². The van der Waals surface area contributed by atoms with Crippen molar-refractivity contribution in [3.63, 3.8) is 0 Å². The highest BCUT2D eigenvalue weighted by atomic mass is 19.4. The lowest BCUT2D eigenvalue weighted by atomic mass is 9.98. The van der Waals surface area contributed by atoms with Crippen LogP contribution in [0.15, 0.2) is 72.8 Å². The largest absolute Gasteiger partial charge is 0.480 e. The minimum absolute atomic E-state index is 0.0358. The van der Waals surface area contributed by atoms with Gasteiger partial charge in [-0.15, -0.1) is 0 Å². The Morgan fingerprint density at radius 1 is 0.958 bits per heavy atom. The molecular weight excluding hydrogens is 627 g/mol. The van der Waals surface area contributed by atoms with Crippen molar-refractivity contribution in [1.82, 2.24) is 14.7 Å². The number of alkyl halides is 3. The van der Waals surface area contributed by atoms with E-state index in [-0.39, 0.29) is 31.4 Å². The number of carbonyl (C=O) groups excluding carboxylic acids is 3. The summed E-state index contributed by atoms with van der Waals surface area (Å²) in [6.07, 6.45) is -4.63. The van der Waals surface area contributed by atoms with Gasteiger partial charge in [0.15, 0.2) is 0 Å². The average Bonchev–Trinajstić information content (AvgIpc) is 3.29. The van der Waals surface area contributed by atoms with Gasteiger partial charge in [-0.3, -0.25) is 19.3 Å². The van der Waals surface area contributed by atoms with Gasteiger partial charge in [0.05, 0.1) is 5.56 Å². The maximum absolute atomic E-state index is 14.2. The second-order valence-electron chi connectivity index (χ2n) is 12.6. The normalized spacial score (nSPS) is 18.4. The van der Waals surface area contributed by atoms with Crippen LogP contribution in [-0.2, 0) is 31.7 Å². The van der Waals surface area contributed by atoms with Crippen LogP contribution in [0.3, 0.4) is 0 Å². The molecule has 3 amide bonds. The molecule has 0 spiro atoms. The van der Waals surface area contributed by atoms with Gasteiger partial charge in [-0.2, -0.15) is 13.2 Å². The summed E-state index contributed by atoms with van der Waals surface area (Å²) in [7, 11) is 2.77. The second-order valence-corrected chi connectivity index (χ2v) is 12.6. The summed E-state index contributed by atoms with van der Waals surface area (Å²) in [6, 6.07) is 17.9. The van der Waals surface area contributed by atoms with Crippen molar-refractivity contribution in [3.8, 4) is 11.1 Å². The quantitative estimate of drug-likeness (QED) is 0.316. The fourth-order valence-electron chi connectivity index (χ4n) is 6.64. The van der Waals surface area contributed by atoms with Gasteiger partial charge in [-0.25, -0.2) is 4.79 Å². The molecule has 0 bridgehead atoms. The molecule has 0 unspecified atom stereocenters. The molecule has 1 aliphatic carbocycles. The number of likely N-dealkylation sites (tertiary alicyclic amines) is 1. The molecule has 9 nitrogen and oxygen atoms in total. The van der Waals surface area contributed by atoms with Crippen molar-refractivity contribution >= 4 is 23.9 Å². The fraction of sp³-hybridized carbons (Fsp3) is 0.389. The van der Waals surface area contributed by atoms with Crippen molar-refractivity contribution in [2.24, 2.45) is 5.92 Å². The average molecular weight is 666 g/mol. The maximum Gasteiger partial charge on any atom is 0.416 e. The topological polar surface area (TPSA) is 107 Å². The zero-order valence-electron chi connectivity index (χ0n) is 26.9. The molecule has 12 heteroatoms. The van der Waals surface area contributed by atoms with Gasteiger partial charge in [-0.1, -0.05) is 67.6 Å². The first-order valence-electron chi connectivity index (χ1n) is 15.8. The highest BCUT2D eigenvalue weighted by Crippen LogP contribution is 2.44. The molecule has 0 saturated carbocycles. The van der Waals surface area contributed by atoms with Crippen LogP contribution in [0.25, 0.3) is 11.1 Å². The van der Waals surface area contributed by atoms with Crippen molar-refractivity contribution in [2.75, 3.05) is 33.8 Å². The Morgan fingerprint density at radius 3 is 2.10 bits per heavy atom. The number of likely N-dealkylation sites (N-methyl/N-ethyl adjacent to an activating group) is 2. The molecule has 0 aromatic heterocycles. The smallest absolute Gasteiger partial charge is 0.416 e. The van der Waals surface area contributed by atoms with E-state index in [0.717, 1.165) is 39.3 Å². The van der Waals surface area contributed by atoms with E-state index in [1.165, 1.54) is 36.0 Å². The number of aliphatic carboxylic acids is 1. The van der Waals surface area contributed by atoms with E-state index in [1.807, 2.05) is 55.5 Å². The molecule has 2 aliphatic rings. The van der Waals surface area contributed by atoms with E-state index in [2.05, 4.69) is 0 Å². The third-order valence-electron chi connectivity index (χ3n) is 9.27. The lowest BCUT2D eigenvalue weighted by Crippen LogP contribution is -2.56. The number of hydrogen-bond donors (Lipinski definition) is 1. The highest BCUT2D eigenvalue weighted by molar-refractivity contribution is 5.92. The molecular formula is C36H38F3N3O6. The zero-order valence-corrected chi connectivity index (χ0v) is 26.9. The van der Waals surface area contributed by atoms with Crippen LogP contribution in [0.4, 0.5) is 18.0 Å². The zero-order chi connectivity index (χ0) is 34.7. The number of hydrogen-bond acceptors (Lipinski definition) is 5. The molecule has 1 heterocycles. The number of benzene rings is 3. The van der Waals surface area contributed by atoms with Gasteiger partial charge in [0.25, 0.3) is 0 Å². The summed E-state index contributed by atoms with van der Waals surface area (Å²) < 4.78 is 45.4. The third-order valence-corrected chi connectivity index (χ3v) is 9.27. The molecule has 3 aromatic carbocycles. The SMILES string of the molecule is C[C@H]1CCN([C@@H](Cc2ccc(C(F)(F)F)cc2)C(=O)N(C)CC(=O)O)C(=O)[C@H](N(C)C(=O)OCC2c3ccccc3-c3ccccc32)C1. The van der Waals surface area contributed by atoms with E-state index in [9.17, 15) is 37.5 Å². The number of nitrogens with zero attached hydrogens (tertiary/aromatic N) is 3. The number of carboxylic acid groups (broad SMARTS) is 1. The minimum atomic E-state index is -4.55. The fourth-order valence-corrected chi connectivity index (χ4v) is 6.64. The van der Waals surface area contributed by atoms with Crippen LogP contribution >= 0.6 is 0 Å². The van der Waals surface area contributed by atoms with Crippen molar-refractivity contribution < 1.29 is 42.2 Å². The number of fused-ring (bicyclic) bond motifs is 3. The molecule has 254 valence electrons. The van der Waals surface area contributed by atoms with E-state index < -0.39 is 54.2 Å². The summed E-state index contributed by atoms with van der Waals surface area (Å²) in [5.74, 6) is -2.69. The summed E-state index contributed by atoms with van der Waals surface area (Å²) in [6.45, 7) is 1.47. The van der Waals surface area contributed by atoms with E-state index in [1.54, 1.807) is 0 Å². The Morgan fingerprint density at radius 2 is 1.54 bits per heavy atom. The predicted octanol–water partition coefficient (Wildman–Crippen LogP) is 5.67. The molecule has 1 fully saturated rings. The third kappa shape index (κ3) is 7.32. The highest BCUT2D eigenvalue weighted by Gasteiger charge is 2.41. The van der Waals surface area contributed by atoms with Gasteiger partial charge in [-0.05, 0) is 58.7 Å². The molecule has 1 N–H and O–H groups in total. The van der Waals surface area contributed by atoms with Crippen LogP contribution in [0.5, 0.6) is 0 Å². The first-order chi connectivity index (χ1) is 22.8. The lowest BCUT2D eigenvalue weighted by molar-refractivity contribution is -0.150.